The average molecular weight is 409 g/mol. The van der Waals surface area contributed by atoms with Crippen LogP contribution in [0.25, 0.3) is 0 Å². The highest BCUT2D eigenvalue weighted by atomic mass is 35.5. The molecule has 1 amide bonds. The SMILES string of the molecule is CCN(CC)S(=O)(=O)c1ccc([C@H](C)NC(=O)Cc2ccc(Cl)cc2)cc1. The van der Waals surface area contributed by atoms with Crippen LogP contribution in [-0.4, -0.2) is 31.7 Å². The highest BCUT2D eigenvalue weighted by Gasteiger charge is 2.21. The number of carbonyl (C=O) groups excluding carboxylic acids is 1. The van der Waals surface area contributed by atoms with E-state index in [1.165, 1.54) is 4.31 Å². The molecule has 2 aromatic rings. The van der Waals surface area contributed by atoms with E-state index in [1.54, 1.807) is 36.4 Å². The molecule has 0 fully saturated rings. The minimum atomic E-state index is -3.48. The summed E-state index contributed by atoms with van der Waals surface area (Å²) in [7, 11) is -3.48. The van der Waals surface area contributed by atoms with Crippen LogP contribution in [0.1, 0.15) is 37.9 Å². The van der Waals surface area contributed by atoms with Crippen molar-refractivity contribution in [3.05, 3.63) is 64.7 Å². The van der Waals surface area contributed by atoms with Gasteiger partial charge in [0.25, 0.3) is 0 Å². The summed E-state index contributed by atoms with van der Waals surface area (Å²) in [4.78, 5) is 12.5. The van der Waals surface area contributed by atoms with Gasteiger partial charge in [-0.05, 0) is 42.3 Å². The minimum Gasteiger partial charge on any atom is -0.349 e. The van der Waals surface area contributed by atoms with Gasteiger partial charge in [-0.3, -0.25) is 4.79 Å². The van der Waals surface area contributed by atoms with Gasteiger partial charge in [0.2, 0.25) is 15.9 Å². The van der Waals surface area contributed by atoms with Gasteiger partial charge < -0.3 is 5.32 Å². The smallest absolute Gasteiger partial charge is 0.243 e. The van der Waals surface area contributed by atoms with Gasteiger partial charge >= 0.3 is 0 Å². The number of sulfonamides is 1. The third-order valence-corrected chi connectivity index (χ3v) is 6.69. The summed E-state index contributed by atoms with van der Waals surface area (Å²) in [6.07, 6.45) is 0.260. The van der Waals surface area contributed by atoms with Crippen LogP contribution in [0, 0.1) is 0 Å². The van der Waals surface area contributed by atoms with Gasteiger partial charge in [0, 0.05) is 18.1 Å². The van der Waals surface area contributed by atoms with Crippen LogP contribution in [0.4, 0.5) is 0 Å². The Morgan fingerprint density at radius 2 is 1.59 bits per heavy atom. The van der Waals surface area contributed by atoms with Crippen LogP contribution in [0.15, 0.2) is 53.4 Å². The van der Waals surface area contributed by atoms with Crippen molar-refractivity contribution < 1.29 is 13.2 Å². The van der Waals surface area contributed by atoms with E-state index in [2.05, 4.69) is 5.32 Å². The molecule has 0 aromatic heterocycles. The molecule has 0 spiro atoms. The number of amides is 1. The third kappa shape index (κ3) is 5.54. The molecule has 146 valence electrons. The van der Waals surface area contributed by atoms with Crippen molar-refractivity contribution in [1.82, 2.24) is 9.62 Å². The summed E-state index contributed by atoms with van der Waals surface area (Å²) in [5.41, 5.74) is 1.72. The van der Waals surface area contributed by atoms with E-state index >= 15 is 0 Å². The molecule has 1 atom stereocenters. The molecule has 0 heterocycles. The predicted molar refractivity (Wildman–Crippen MR) is 108 cm³/mol. The van der Waals surface area contributed by atoms with Crippen molar-refractivity contribution in [3.63, 3.8) is 0 Å². The van der Waals surface area contributed by atoms with E-state index in [0.29, 0.717) is 18.1 Å². The van der Waals surface area contributed by atoms with Crippen LogP contribution >= 0.6 is 11.6 Å². The van der Waals surface area contributed by atoms with E-state index in [-0.39, 0.29) is 23.3 Å². The van der Waals surface area contributed by atoms with Crippen molar-refractivity contribution in [2.75, 3.05) is 13.1 Å². The zero-order valence-electron chi connectivity index (χ0n) is 15.8. The standard InChI is InChI=1S/C20H25ClN2O3S/c1-4-23(5-2)27(25,26)19-12-8-17(9-13-19)15(3)22-20(24)14-16-6-10-18(21)11-7-16/h6-13,15H,4-5,14H2,1-3H3,(H,22,24)/t15-/m0/s1. The highest BCUT2D eigenvalue weighted by Crippen LogP contribution is 2.19. The van der Waals surface area contributed by atoms with Crippen molar-refractivity contribution in [3.8, 4) is 0 Å². The predicted octanol–water partition coefficient (Wildman–Crippen LogP) is 3.79. The van der Waals surface area contributed by atoms with Gasteiger partial charge in [-0.1, -0.05) is 49.7 Å². The Hall–Kier alpha value is -1.89. The largest absolute Gasteiger partial charge is 0.349 e. The number of carbonyl (C=O) groups is 1. The number of nitrogens with zero attached hydrogens (tertiary/aromatic N) is 1. The molecule has 0 aliphatic carbocycles. The summed E-state index contributed by atoms with van der Waals surface area (Å²) in [5.74, 6) is -0.107. The second-order valence-corrected chi connectivity index (χ2v) is 8.63. The first-order valence-electron chi connectivity index (χ1n) is 8.91. The van der Waals surface area contributed by atoms with Crippen LogP contribution < -0.4 is 5.32 Å². The van der Waals surface area contributed by atoms with Gasteiger partial charge in [-0.2, -0.15) is 4.31 Å². The van der Waals surface area contributed by atoms with Crippen molar-refractivity contribution in [2.45, 2.75) is 38.1 Å². The second kappa shape index (κ2) is 9.35. The maximum absolute atomic E-state index is 12.5. The molecule has 0 aliphatic rings. The van der Waals surface area contributed by atoms with Gasteiger partial charge in [0.05, 0.1) is 17.4 Å². The fourth-order valence-electron chi connectivity index (χ4n) is 2.80. The summed E-state index contributed by atoms with van der Waals surface area (Å²) >= 11 is 5.85. The molecular weight excluding hydrogens is 384 g/mol. The Bertz CT molecular complexity index is 861. The van der Waals surface area contributed by atoms with E-state index in [4.69, 9.17) is 11.6 Å². The molecular formula is C20H25ClN2O3S. The lowest BCUT2D eigenvalue weighted by Gasteiger charge is -2.19. The van der Waals surface area contributed by atoms with E-state index in [1.807, 2.05) is 32.9 Å². The molecule has 2 rings (SSSR count). The second-order valence-electron chi connectivity index (χ2n) is 6.25. The van der Waals surface area contributed by atoms with E-state index in [0.717, 1.165) is 11.1 Å². The molecule has 0 unspecified atom stereocenters. The summed E-state index contributed by atoms with van der Waals surface area (Å²) in [5, 5.41) is 3.56. The first-order valence-corrected chi connectivity index (χ1v) is 10.7. The Kier molecular flexibility index (Phi) is 7.41. The topological polar surface area (TPSA) is 66.5 Å². The number of hydrogen-bond donors (Lipinski definition) is 1. The molecule has 5 nitrogen and oxygen atoms in total. The van der Waals surface area contributed by atoms with Gasteiger partial charge in [0.15, 0.2) is 0 Å². The Morgan fingerprint density at radius 1 is 1.04 bits per heavy atom. The first kappa shape index (κ1) is 21.4. The number of nitrogens with one attached hydrogen (secondary N) is 1. The van der Waals surface area contributed by atoms with Gasteiger partial charge in [-0.15, -0.1) is 0 Å². The molecule has 7 heteroatoms. The molecule has 2 aromatic carbocycles. The van der Waals surface area contributed by atoms with E-state index in [9.17, 15) is 13.2 Å². The van der Waals surface area contributed by atoms with Crippen molar-refractivity contribution >= 4 is 27.5 Å². The zero-order chi connectivity index (χ0) is 20.0. The minimum absolute atomic E-state index is 0.107. The van der Waals surface area contributed by atoms with Crippen LogP contribution in [-0.2, 0) is 21.2 Å². The number of rotatable bonds is 8. The summed E-state index contributed by atoms with van der Waals surface area (Å²) in [6, 6.07) is 13.6. The molecule has 27 heavy (non-hydrogen) atoms. The number of halogens is 1. The Balaban J connectivity index is 2.03. The van der Waals surface area contributed by atoms with E-state index < -0.39 is 10.0 Å². The number of benzene rings is 2. The summed E-state index contributed by atoms with van der Waals surface area (Å²) in [6.45, 7) is 6.35. The quantitative estimate of drug-likeness (QED) is 0.722. The fourth-order valence-corrected chi connectivity index (χ4v) is 4.39. The normalized spacial score (nSPS) is 12.8. The van der Waals surface area contributed by atoms with Crippen molar-refractivity contribution in [1.29, 1.82) is 0 Å². The average Bonchev–Trinajstić information content (AvgIpc) is 2.64. The fraction of sp³-hybridized carbons (Fsp3) is 0.350. The molecule has 0 aliphatic heterocycles. The Labute approximate surface area is 166 Å². The van der Waals surface area contributed by atoms with Crippen LogP contribution in [0.3, 0.4) is 0 Å². The lowest BCUT2D eigenvalue weighted by molar-refractivity contribution is -0.121. The lowest BCUT2D eigenvalue weighted by atomic mass is 10.1. The maximum atomic E-state index is 12.5. The van der Waals surface area contributed by atoms with Crippen LogP contribution in [0.5, 0.6) is 0 Å². The van der Waals surface area contributed by atoms with Crippen LogP contribution in [0.2, 0.25) is 5.02 Å². The van der Waals surface area contributed by atoms with Gasteiger partial charge in [-0.25, -0.2) is 8.42 Å². The highest BCUT2D eigenvalue weighted by molar-refractivity contribution is 7.89. The third-order valence-electron chi connectivity index (χ3n) is 4.38. The Morgan fingerprint density at radius 3 is 2.11 bits per heavy atom. The monoisotopic (exact) mass is 408 g/mol. The first-order chi connectivity index (χ1) is 12.8. The molecule has 0 saturated carbocycles. The van der Waals surface area contributed by atoms with Gasteiger partial charge in [0.1, 0.15) is 0 Å². The lowest BCUT2D eigenvalue weighted by Crippen LogP contribution is -2.30. The number of hydrogen-bond acceptors (Lipinski definition) is 3. The maximum Gasteiger partial charge on any atom is 0.243 e. The zero-order valence-corrected chi connectivity index (χ0v) is 17.3. The summed E-state index contributed by atoms with van der Waals surface area (Å²) < 4.78 is 26.5. The molecule has 0 saturated heterocycles. The molecule has 0 bridgehead atoms. The van der Waals surface area contributed by atoms with Crippen molar-refractivity contribution in [2.24, 2.45) is 0 Å². The molecule has 1 N–H and O–H groups in total. The molecule has 0 radical (unpaired) electrons.